The molecule has 0 spiro atoms. The molecule has 1 aliphatic rings. The molecule has 1 unspecified atom stereocenters. The molecule has 0 saturated heterocycles. The smallest absolute Gasteiger partial charge is 0.326 e. The van der Waals surface area contributed by atoms with Crippen molar-refractivity contribution in [2.75, 3.05) is 5.32 Å². The molecule has 0 saturated carbocycles. The van der Waals surface area contributed by atoms with Gasteiger partial charge in [-0.1, -0.05) is 30.3 Å². The predicted molar refractivity (Wildman–Crippen MR) is 104 cm³/mol. The number of nitrogens with zero attached hydrogens (tertiary/aromatic N) is 2. The maximum absolute atomic E-state index is 11.9. The Balaban J connectivity index is 1.72. The van der Waals surface area contributed by atoms with Crippen molar-refractivity contribution in [3.63, 3.8) is 0 Å². The van der Waals surface area contributed by atoms with Gasteiger partial charge < -0.3 is 10.4 Å². The van der Waals surface area contributed by atoms with E-state index in [0.29, 0.717) is 18.1 Å². The molecule has 134 valence electrons. The second-order valence-corrected chi connectivity index (χ2v) is 7.82. The number of aliphatic carboxylic acids is 1. The number of fused-ring (bicyclic) bond motifs is 3. The van der Waals surface area contributed by atoms with Crippen molar-refractivity contribution in [1.29, 1.82) is 0 Å². The van der Waals surface area contributed by atoms with Crippen LogP contribution in [-0.4, -0.2) is 27.1 Å². The second kappa shape index (κ2) is 7.03. The van der Waals surface area contributed by atoms with E-state index in [-0.39, 0.29) is 0 Å². The molecule has 5 nitrogen and oxygen atoms in total. The minimum Gasteiger partial charge on any atom is -0.480 e. The van der Waals surface area contributed by atoms with Crippen LogP contribution in [0.2, 0.25) is 0 Å². The van der Waals surface area contributed by atoms with Gasteiger partial charge in [0.05, 0.1) is 5.39 Å². The van der Waals surface area contributed by atoms with Crippen molar-refractivity contribution in [2.45, 2.75) is 45.1 Å². The maximum Gasteiger partial charge on any atom is 0.326 e. The third-order valence-electron chi connectivity index (χ3n) is 4.82. The van der Waals surface area contributed by atoms with Gasteiger partial charge in [0, 0.05) is 11.3 Å². The molecular formula is C20H21N3O2S. The molecule has 3 aromatic rings. The van der Waals surface area contributed by atoms with Crippen LogP contribution in [0.25, 0.3) is 10.2 Å². The van der Waals surface area contributed by atoms with Gasteiger partial charge in [0.2, 0.25) is 0 Å². The normalized spacial score (nSPS) is 14.8. The summed E-state index contributed by atoms with van der Waals surface area (Å²) in [5.74, 6) is 0.458. The third-order valence-corrected chi connectivity index (χ3v) is 6.00. The van der Waals surface area contributed by atoms with Crippen molar-refractivity contribution in [1.82, 2.24) is 9.97 Å². The largest absolute Gasteiger partial charge is 0.480 e. The number of thiophene rings is 1. The van der Waals surface area contributed by atoms with Gasteiger partial charge in [0.1, 0.15) is 22.5 Å². The molecule has 2 N–H and O–H groups in total. The molecule has 1 aliphatic carbocycles. The van der Waals surface area contributed by atoms with Gasteiger partial charge in [0.15, 0.2) is 0 Å². The van der Waals surface area contributed by atoms with E-state index in [1.165, 1.54) is 23.3 Å². The number of anilines is 1. The van der Waals surface area contributed by atoms with E-state index in [4.69, 9.17) is 0 Å². The highest BCUT2D eigenvalue weighted by molar-refractivity contribution is 7.19. The fraction of sp³-hybridized carbons (Fsp3) is 0.350. The number of carboxylic acids is 1. The Bertz CT molecular complexity index is 953. The number of hydrogen-bond donors (Lipinski definition) is 2. The van der Waals surface area contributed by atoms with Crippen molar-refractivity contribution >= 4 is 33.3 Å². The van der Waals surface area contributed by atoms with Gasteiger partial charge in [-0.15, -0.1) is 11.3 Å². The number of aryl methyl sites for hydroxylation is 3. The first-order chi connectivity index (χ1) is 12.6. The topological polar surface area (TPSA) is 75.1 Å². The fourth-order valence-electron chi connectivity index (χ4n) is 3.58. The van der Waals surface area contributed by atoms with E-state index in [0.717, 1.165) is 28.6 Å². The Morgan fingerprint density at radius 3 is 2.77 bits per heavy atom. The van der Waals surface area contributed by atoms with Gasteiger partial charge in [-0.25, -0.2) is 14.8 Å². The van der Waals surface area contributed by atoms with Crippen LogP contribution in [0.15, 0.2) is 30.3 Å². The molecular weight excluding hydrogens is 346 g/mol. The molecule has 1 aromatic carbocycles. The lowest BCUT2D eigenvalue weighted by molar-refractivity contribution is -0.137. The molecule has 1 atom stereocenters. The van der Waals surface area contributed by atoms with E-state index in [9.17, 15) is 9.90 Å². The van der Waals surface area contributed by atoms with Crippen molar-refractivity contribution in [3.8, 4) is 0 Å². The molecule has 2 aromatic heterocycles. The lowest BCUT2D eigenvalue weighted by Crippen LogP contribution is -2.32. The summed E-state index contributed by atoms with van der Waals surface area (Å²) in [6.07, 6.45) is 4.89. The number of carbonyl (C=O) groups is 1. The Hall–Kier alpha value is -2.47. The first-order valence-electron chi connectivity index (χ1n) is 8.94. The number of rotatable bonds is 5. The molecule has 0 radical (unpaired) electrons. The molecule has 6 heteroatoms. The average Bonchev–Trinajstić information content (AvgIpc) is 3.00. The first kappa shape index (κ1) is 17.0. The van der Waals surface area contributed by atoms with Gasteiger partial charge >= 0.3 is 5.97 Å². The summed E-state index contributed by atoms with van der Waals surface area (Å²) in [6, 6.07) is 8.96. The van der Waals surface area contributed by atoms with Gasteiger partial charge in [-0.3, -0.25) is 0 Å². The SMILES string of the molecule is Cc1nc(NC(Cc2ccccc2)C(=O)O)c2c3c(sc2n1)CCCC3. The van der Waals surface area contributed by atoms with Crippen LogP contribution in [0.5, 0.6) is 0 Å². The highest BCUT2D eigenvalue weighted by Gasteiger charge is 2.24. The minimum absolute atomic E-state index is 0.410. The van der Waals surface area contributed by atoms with Crippen molar-refractivity contribution in [3.05, 3.63) is 52.2 Å². The van der Waals surface area contributed by atoms with E-state index in [2.05, 4.69) is 15.3 Å². The van der Waals surface area contributed by atoms with Gasteiger partial charge in [-0.2, -0.15) is 0 Å². The molecule has 0 fully saturated rings. The van der Waals surface area contributed by atoms with E-state index in [1.54, 1.807) is 11.3 Å². The quantitative estimate of drug-likeness (QED) is 0.713. The molecule has 2 heterocycles. The first-order valence-corrected chi connectivity index (χ1v) is 9.75. The van der Waals surface area contributed by atoms with E-state index in [1.807, 2.05) is 37.3 Å². The molecule has 0 bridgehead atoms. The average molecular weight is 367 g/mol. The molecule has 0 amide bonds. The zero-order valence-corrected chi connectivity index (χ0v) is 15.5. The van der Waals surface area contributed by atoms with Crippen LogP contribution in [0.1, 0.15) is 34.7 Å². The van der Waals surface area contributed by atoms with Crippen LogP contribution in [0, 0.1) is 6.92 Å². The van der Waals surface area contributed by atoms with Crippen LogP contribution in [0.4, 0.5) is 5.82 Å². The number of hydrogen-bond acceptors (Lipinski definition) is 5. The Morgan fingerprint density at radius 1 is 1.23 bits per heavy atom. The van der Waals surface area contributed by atoms with Crippen LogP contribution >= 0.6 is 11.3 Å². The lowest BCUT2D eigenvalue weighted by Gasteiger charge is -2.17. The van der Waals surface area contributed by atoms with Gasteiger partial charge in [-0.05, 0) is 43.7 Å². The van der Waals surface area contributed by atoms with Crippen LogP contribution < -0.4 is 5.32 Å². The predicted octanol–water partition coefficient (Wildman–Crippen LogP) is 3.99. The highest BCUT2D eigenvalue weighted by atomic mass is 32.1. The van der Waals surface area contributed by atoms with Crippen molar-refractivity contribution < 1.29 is 9.90 Å². The lowest BCUT2D eigenvalue weighted by atomic mass is 9.97. The summed E-state index contributed by atoms with van der Waals surface area (Å²) in [6.45, 7) is 1.86. The number of aromatic nitrogens is 2. The Kier molecular flexibility index (Phi) is 4.59. The van der Waals surface area contributed by atoms with Gasteiger partial charge in [0.25, 0.3) is 0 Å². The standard InChI is InChI=1S/C20H21N3O2S/c1-12-21-18(17-14-9-5-6-10-16(14)26-19(17)22-12)23-15(20(24)25)11-13-7-3-2-4-8-13/h2-4,7-8,15H,5-6,9-11H2,1H3,(H,24,25)(H,21,22,23). The summed E-state index contributed by atoms with van der Waals surface area (Å²) in [4.78, 5) is 23.4. The van der Waals surface area contributed by atoms with Crippen LogP contribution in [0.3, 0.4) is 0 Å². The molecule has 0 aliphatic heterocycles. The van der Waals surface area contributed by atoms with Crippen LogP contribution in [-0.2, 0) is 24.1 Å². The summed E-state index contributed by atoms with van der Waals surface area (Å²) < 4.78 is 0. The number of nitrogens with one attached hydrogen (secondary N) is 1. The second-order valence-electron chi connectivity index (χ2n) is 6.74. The zero-order chi connectivity index (χ0) is 18.1. The van der Waals surface area contributed by atoms with Crippen molar-refractivity contribution in [2.24, 2.45) is 0 Å². The Morgan fingerprint density at radius 2 is 2.00 bits per heavy atom. The third kappa shape index (κ3) is 3.29. The highest BCUT2D eigenvalue weighted by Crippen LogP contribution is 2.38. The Labute approximate surface area is 156 Å². The summed E-state index contributed by atoms with van der Waals surface area (Å²) in [7, 11) is 0. The summed E-state index contributed by atoms with van der Waals surface area (Å²) in [5.41, 5.74) is 2.30. The summed E-state index contributed by atoms with van der Waals surface area (Å²) >= 11 is 1.73. The van der Waals surface area contributed by atoms with E-state index < -0.39 is 12.0 Å². The molecule has 4 rings (SSSR count). The molecule has 26 heavy (non-hydrogen) atoms. The maximum atomic E-state index is 11.9. The fourth-order valence-corrected chi connectivity index (χ4v) is 4.89. The summed E-state index contributed by atoms with van der Waals surface area (Å²) in [5, 5.41) is 13.9. The monoisotopic (exact) mass is 367 g/mol. The number of benzene rings is 1. The zero-order valence-electron chi connectivity index (χ0n) is 14.7. The van der Waals surface area contributed by atoms with E-state index >= 15 is 0 Å². The number of carboxylic acid groups (broad SMARTS) is 1. The minimum atomic E-state index is -0.873.